The van der Waals surface area contributed by atoms with E-state index in [0.29, 0.717) is 56.4 Å². The zero-order chi connectivity index (χ0) is 36.1. The number of aliphatic hydroxyl groups excluding tert-OH is 1. The molecule has 0 saturated carbocycles. The number of carbonyl (C=O) groups is 5. The summed E-state index contributed by atoms with van der Waals surface area (Å²) in [6, 6.07) is 5.04. The van der Waals surface area contributed by atoms with E-state index in [-0.39, 0.29) is 18.6 Å². The molecule has 12 nitrogen and oxygen atoms in total. The number of ether oxygens (including phenoxy) is 1. The van der Waals surface area contributed by atoms with Gasteiger partial charge in [-0.25, -0.2) is 9.59 Å². The van der Waals surface area contributed by atoms with E-state index in [0.717, 1.165) is 37.3 Å². The number of carbonyl (C=O) groups excluding carboxylic acids is 2. The van der Waals surface area contributed by atoms with Crippen LogP contribution in [0.3, 0.4) is 0 Å². The summed E-state index contributed by atoms with van der Waals surface area (Å²) in [4.78, 5) is 61.0. The van der Waals surface area contributed by atoms with E-state index < -0.39 is 53.9 Å². The lowest BCUT2D eigenvalue weighted by molar-refractivity contribution is -0.172. The van der Waals surface area contributed by atoms with Gasteiger partial charge in [0.1, 0.15) is 24.5 Å². The number of aliphatic hydroxyl groups is 2. The van der Waals surface area contributed by atoms with Gasteiger partial charge in [-0.05, 0) is 63.3 Å². The SMILES string of the molecule is CCCCCCC(O)C(=O)CCCCCCC=C[C@H](C(=O)N[C@@H](Cc1ccc(OCC=C(C)C)cc1)C(=O)O)[C@@](O)(CC(=O)O)C(=O)O. The third-order valence-electron chi connectivity index (χ3n) is 7.88. The molecule has 0 aliphatic carbocycles. The lowest BCUT2D eigenvalue weighted by Gasteiger charge is -2.29. The molecule has 0 spiro atoms. The number of aliphatic carboxylic acids is 3. The number of rotatable bonds is 26. The van der Waals surface area contributed by atoms with Crippen molar-refractivity contribution in [3.63, 3.8) is 0 Å². The molecule has 1 aromatic carbocycles. The van der Waals surface area contributed by atoms with E-state index in [9.17, 15) is 49.5 Å². The Balaban J connectivity index is 2.85. The van der Waals surface area contributed by atoms with Crippen LogP contribution in [0.5, 0.6) is 5.75 Å². The van der Waals surface area contributed by atoms with E-state index >= 15 is 0 Å². The number of carboxylic acid groups (broad SMARTS) is 3. The van der Waals surface area contributed by atoms with Gasteiger partial charge >= 0.3 is 17.9 Å². The van der Waals surface area contributed by atoms with Gasteiger partial charge in [0.25, 0.3) is 0 Å². The molecule has 0 aliphatic rings. The van der Waals surface area contributed by atoms with Crippen molar-refractivity contribution in [1.82, 2.24) is 5.32 Å². The number of amides is 1. The number of hydrogen-bond acceptors (Lipinski definition) is 8. The Kier molecular flexibility index (Phi) is 19.7. The van der Waals surface area contributed by atoms with Crippen LogP contribution in [-0.2, 0) is 30.4 Å². The standard InChI is InChI=1S/C36H53NO11/c1-4-5-6-12-15-30(38)31(39)16-13-10-8-7-9-11-14-28(36(47,35(45)46)24-32(40)41)33(42)37-29(34(43)44)23-26-17-19-27(20-18-26)48-22-21-25(2)3/h11,14,17-21,28-30,38,47H,4-10,12-13,15-16,22-24H2,1-3H3,(H,37,42)(H,40,41)(H,43,44)(H,45,46)/t28-,29+,30?,36+/m1/s1. The van der Waals surface area contributed by atoms with Gasteiger partial charge in [0.15, 0.2) is 11.4 Å². The largest absolute Gasteiger partial charge is 0.490 e. The first-order valence-corrected chi connectivity index (χ1v) is 16.6. The van der Waals surface area contributed by atoms with Crippen LogP contribution >= 0.6 is 0 Å². The number of ketones is 1. The Morgan fingerprint density at radius 2 is 1.56 bits per heavy atom. The third-order valence-corrected chi connectivity index (χ3v) is 7.88. The highest BCUT2D eigenvalue weighted by Gasteiger charge is 2.49. The summed E-state index contributed by atoms with van der Waals surface area (Å²) in [6.07, 6.45) is 9.66. The topological polar surface area (TPSA) is 208 Å². The maximum absolute atomic E-state index is 13.3. The van der Waals surface area contributed by atoms with E-state index in [1.165, 1.54) is 6.08 Å². The highest BCUT2D eigenvalue weighted by molar-refractivity contribution is 5.94. The Morgan fingerprint density at radius 3 is 2.15 bits per heavy atom. The zero-order valence-corrected chi connectivity index (χ0v) is 28.4. The van der Waals surface area contributed by atoms with Gasteiger partial charge < -0.3 is 35.6 Å². The quantitative estimate of drug-likeness (QED) is 0.0578. The van der Waals surface area contributed by atoms with Crippen LogP contribution in [0.1, 0.15) is 103 Å². The second-order valence-electron chi connectivity index (χ2n) is 12.3. The fraction of sp³-hybridized carbons (Fsp3) is 0.583. The minimum Gasteiger partial charge on any atom is -0.490 e. The van der Waals surface area contributed by atoms with Crippen molar-refractivity contribution in [3.05, 3.63) is 53.6 Å². The highest BCUT2D eigenvalue weighted by atomic mass is 16.5. The normalized spacial score (nSPS) is 14.4. The van der Waals surface area contributed by atoms with Crippen molar-refractivity contribution in [2.24, 2.45) is 5.92 Å². The molecular weight excluding hydrogens is 622 g/mol. The van der Waals surface area contributed by atoms with Crippen molar-refractivity contribution in [2.75, 3.05) is 6.61 Å². The molecule has 1 unspecified atom stereocenters. The second kappa shape index (κ2) is 22.5. The van der Waals surface area contributed by atoms with Crippen LogP contribution in [0.2, 0.25) is 0 Å². The minimum absolute atomic E-state index is 0.172. The first-order valence-electron chi connectivity index (χ1n) is 16.6. The monoisotopic (exact) mass is 675 g/mol. The number of carboxylic acids is 3. The number of nitrogens with one attached hydrogen (secondary N) is 1. The van der Waals surface area contributed by atoms with Crippen LogP contribution in [0.25, 0.3) is 0 Å². The van der Waals surface area contributed by atoms with Gasteiger partial charge in [-0.3, -0.25) is 14.4 Å². The first kappa shape index (κ1) is 42.0. The van der Waals surface area contributed by atoms with E-state index in [2.05, 4.69) is 12.2 Å². The van der Waals surface area contributed by atoms with Crippen molar-refractivity contribution in [3.8, 4) is 5.75 Å². The molecule has 1 amide bonds. The van der Waals surface area contributed by atoms with E-state index in [1.807, 2.05) is 19.9 Å². The van der Waals surface area contributed by atoms with Crippen LogP contribution in [-0.4, -0.2) is 79.5 Å². The van der Waals surface area contributed by atoms with Crippen molar-refractivity contribution in [1.29, 1.82) is 0 Å². The Bertz CT molecular complexity index is 1240. The predicted octanol–water partition coefficient (Wildman–Crippen LogP) is 4.85. The Labute approximate surface area is 282 Å². The molecule has 48 heavy (non-hydrogen) atoms. The molecule has 1 rings (SSSR count). The van der Waals surface area contributed by atoms with Crippen molar-refractivity contribution in [2.45, 2.75) is 122 Å². The van der Waals surface area contributed by atoms with Crippen LogP contribution in [0.4, 0.5) is 0 Å². The van der Waals surface area contributed by atoms with Gasteiger partial charge in [-0.15, -0.1) is 0 Å². The van der Waals surface area contributed by atoms with E-state index in [4.69, 9.17) is 4.74 Å². The van der Waals surface area contributed by atoms with E-state index in [1.54, 1.807) is 24.3 Å². The molecule has 0 heterocycles. The summed E-state index contributed by atoms with van der Waals surface area (Å²) in [5.41, 5.74) is -1.42. The molecule has 4 atom stereocenters. The van der Waals surface area contributed by atoms with Gasteiger partial charge in [0, 0.05) is 12.8 Å². The minimum atomic E-state index is -3.04. The summed E-state index contributed by atoms with van der Waals surface area (Å²) in [5, 5.41) is 52.1. The number of unbranched alkanes of at least 4 members (excludes halogenated alkanes) is 7. The molecule has 268 valence electrons. The summed E-state index contributed by atoms with van der Waals surface area (Å²) in [5.74, 6) is -7.69. The second-order valence-corrected chi connectivity index (χ2v) is 12.3. The van der Waals surface area contributed by atoms with Gasteiger partial charge in [0.2, 0.25) is 5.91 Å². The van der Waals surface area contributed by atoms with Gasteiger partial charge in [-0.2, -0.15) is 0 Å². The first-order chi connectivity index (χ1) is 22.7. The average Bonchev–Trinajstić information content (AvgIpc) is 3.01. The molecule has 0 fully saturated rings. The smallest absolute Gasteiger partial charge is 0.337 e. The summed E-state index contributed by atoms with van der Waals surface area (Å²) in [7, 11) is 0. The number of Topliss-reactive ketones (excluding diaryl/α,β-unsaturated/α-hetero) is 1. The highest BCUT2D eigenvalue weighted by Crippen LogP contribution is 2.26. The third kappa shape index (κ3) is 16.2. The summed E-state index contributed by atoms with van der Waals surface area (Å²) < 4.78 is 5.60. The lowest BCUT2D eigenvalue weighted by atomic mass is 9.82. The molecule has 0 aliphatic heterocycles. The van der Waals surface area contributed by atoms with Crippen LogP contribution in [0.15, 0.2) is 48.1 Å². The van der Waals surface area contributed by atoms with Crippen molar-refractivity contribution >= 4 is 29.6 Å². The fourth-order valence-electron chi connectivity index (χ4n) is 4.98. The maximum atomic E-state index is 13.3. The number of hydrogen-bond donors (Lipinski definition) is 6. The predicted molar refractivity (Wildman–Crippen MR) is 180 cm³/mol. The van der Waals surface area contributed by atoms with Crippen LogP contribution in [0, 0.1) is 5.92 Å². The fourth-order valence-corrected chi connectivity index (χ4v) is 4.98. The number of allylic oxidation sites excluding steroid dienone is 2. The van der Waals surface area contributed by atoms with Crippen LogP contribution < -0.4 is 10.1 Å². The molecule has 0 bridgehead atoms. The maximum Gasteiger partial charge on any atom is 0.337 e. The Morgan fingerprint density at radius 1 is 0.917 bits per heavy atom. The molecule has 12 heteroatoms. The molecule has 0 radical (unpaired) electrons. The summed E-state index contributed by atoms with van der Waals surface area (Å²) in [6.45, 7) is 6.32. The van der Waals surface area contributed by atoms with Gasteiger partial charge in [0.05, 0.1) is 12.3 Å². The average molecular weight is 676 g/mol. The van der Waals surface area contributed by atoms with Gasteiger partial charge in [-0.1, -0.05) is 75.3 Å². The molecule has 6 N–H and O–H groups in total. The molecule has 0 saturated heterocycles. The zero-order valence-electron chi connectivity index (χ0n) is 28.4. The Hall–Kier alpha value is -4.03. The molecule has 1 aromatic rings. The molecule has 0 aromatic heterocycles. The molecular formula is C36H53NO11. The lowest BCUT2D eigenvalue weighted by Crippen LogP contribution is -2.55. The number of benzene rings is 1. The summed E-state index contributed by atoms with van der Waals surface area (Å²) >= 11 is 0. The van der Waals surface area contributed by atoms with Crippen molar-refractivity contribution < 1.29 is 54.2 Å².